The molecule has 1 N–H and O–H groups in total. The minimum atomic E-state index is -0.932. The molecule has 1 fully saturated rings. The Bertz CT molecular complexity index is 713. The zero-order valence-corrected chi connectivity index (χ0v) is 13.1. The Morgan fingerprint density at radius 3 is 2.83 bits per heavy atom. The highest BCUT2D eigenvalue weighted by molar-refractivity contribution is 5.79. The predicted molar refractivity (Wildman–Crippen MR) is 84.2 cm³/mol. The van der Waals surface area contributed by atoms with Crippen molar-refractivity contribution in [3.63, 3.8) is 0 Å². The van der Waals surface area contributed by atoms with Gasteiger partial charge in [0, 0.05) is 24.7 Å². The summed E-state index contributed by atoms with van der Waals surface area (Å²) >= 11 is 0. The van der Waals surface area contributed by atoms with Gasteiger partial charge in [-0.1, -0.05) is 35.5 Å². The van der Waals surface area contributed by atoms with Gasteiger partial charge in [-0.15, -0.1) is 0 Å². The van der Waals surface area contributed by atoms with E-state index in [-0.39, 0.29) is 25.3 Å². The molecule has 0 aliphatic carbocycles. The third kappa shape index (κ3) is 3.99. The van der Waals surface area contributed by atoms with Gasteiger partial charge in [-0.2, -0.15) is 0 Å². The van der Waals surface area contributed by atoms with Crippen molar-refractivity contribution in [3.05, 3.63) is 42.1 Å². The molecular weight excluding hydrogens is 312 g/mol. The van der Waals surface area contributed by atoms with Crippen LogP contribution in [0, 0.1) is 0 Å². The number of carboxylic acids is 1. The van der Waals surface area contributed by atoms with Crippen LogP contribution in [0.2, 0.25) is 0 Å². The van der Waals surface area contributed by atoms with Crippen molar-refractivity contribution in [2.75, 3.05) is 19.7 Å². The van der Waals surface area contributed by atoms with E-state index in [1.165, 1.54) is 0 Å². The quantitative estimate of drug-likeness (QED) is 0.895. The molecule has 2 heterocycles. The molecule has 126 valence electrons. The SMILES string of the molecule is O=C(O)CC1CN(C(=O)Cc2cc(-c3ccccc3)on2)CCO1. The standard InChI is InChI=1S/C17H18N2O5/c20-16(19-6-7-23-14(11-19)10-17(21)22)9-13-8-15(24-18-13)12-4-2-1-3-5-12/h1-5,8,14H,6-7,9-11H2,(H,21,22). The van der Waals surface area contributed by atoms with E-state index in [0.717, 1.165) is 5.56 Å². The molecule has 2 aromatic rings. The number of hydrogen-bond donors (Lipinski definition) is 1. The van der Waals surface area contributed by atoms with Gasteiger partial charge in [-0.05, 0) is 0 Å². The number of hydrogen-bond acceptors (Lipinski definition) is 5. The number of carboxylic acid groups (broad SMARTS) is 1. The van der Waals surface area contributed by atoms with Crippen molar-refractivity contribution in [2.24, 2.45) is 0 Å². The fourth-order valence-electron chi connectivity index (χ4n) is 2.66. The van der Waals surface area contributed by atoms with Gasteiger partial charge in [-0.3, -0.25) is 9.59 Å². The number of aromatic nitrogens is 1. The number of rotatable bonds is 5. The molecule has 1 atom stereocenters. The molecule has 0 spiro atoms. The van der Waals surface area contributed by atoms with Crippen molar-refractivity contribution in [3.8, 4) is 11.3 Å². The van der Waals surface area contributed by atoms with Crippen LogP contribution in [0.25, 0.3) is 11.3 Å². The molecule has 1 aromatic carbocycles. The average molecular weight is 330 g/mol. The summed E-state index contributed by atoms with van der Waals surface area (Å²) in [5.74, 6) is -0.427. The number of carbonyl (C=O) groups excluding carboxylic acids is 1. The molecule has 0 radical (unpaired) electrons. The predicted octanol–water partition coefficient (Wildman–Crippen LogP) is 1.59. The topological polar surface area (TPSA) is 92.9 Å². The van der Waals surface area contributed by atoms with E-state index >= 15 is 0 Å². The highest BCUT2D eigenvalue weighted by atomic mass is 16.5. The Morgan fingerprint density at radius 2 is 2.08 bits per heavy atom. The molecule has 1 aliphatic rings. The number of benzene rings is 1. The van der Waals surface area contributed by atoms with Crippen LogP contribution in [0.3, 0.4) is 0 Å². The van der Waals surface area contributed by atoms with Crippen LogP contribution in [0.15, 0.2) is 40.9 Å². The summed E-state index contributed by atoms with van der Waals surface area (Å²) in [6, 6.07) is 11.3. The van der Waals surface area contributed by atoms with Crippen LogP contribution in [-0.4, -0.2) is 52.8 Å². The maximum atomic E-state index is 12.4. The second-order valence-electron chi connectivity index (χ2n) is 5.66. The van der Waals surface area contributed by atoms with Crippen LogP contribution >= 0.6 is 0 Å². The van der Waals surface area contributed by atoms with E-state index in [0.29, 0.717) is 24.6 Å². The number of ether oxygens (including phenoxy) is 1. The number of amides is 1. The van der Waals surface area contributed by atoms with Gasteiger partial charge < -0.3 is 19.3 Å². The van der Waals surface area contributed by atoms with Gasteiger partial charge in [0.1, 0.15) is 0 Å². The van der Waals surface area contributed by atoms with Crippen molar-refractivity contribution in [2.45, 2.75) is 18.9 Å². The molecule has 1 aliphatic heterocycles. The van der Waals surface area contributed by atoms with Gasteiger partial charge in [0.15, 0.2) is 5.76 Å². The second-order valence-corrected chi connectivity index (χ2v) is 5.66. The first-order valence-electron chi connectivity index (χ1n) is 7.74. The zero-order chi connectivity index (χ0) is 16.9. The summed E-state index contributed by atoms with van der Waals surface area (Å²) < 4.78 is 10.7. The molecule has 0 saturated carbocycles. The smallest absolute Gasteiger partial charge is 0.306 e. The lowest BCUT2D eigenvalue weighted by Crippen LogP contribution is -2.46. The van der Waals surface area contributed by atoms with Crippen molar-refractivity contribution >= 4 is 11.9 Å². The normalized spacial score (nSPS) is 17.7. The van der Waals surface area contributed by atoms with E-state index in [9.17, 15) is 9.59 Å². The third-order valence-electron chi connectivity index (χ3n) is 3.84. The van der Waals surface area contributed by atoms with Crippen molar-refractivity contribution < 1.29 is 24.0 Å². The van der Waals surface area contributed by atoms with E-state index in [2.05, 4.69) is 5.16 Å². The Balaban J connectivity index is 1.61. The first-order chi connectivity index (χ1) is 11.6. The molecule has 7 heteroatoms. The Morgan fingerprint density at radius 1 is 1.29 bits per heavy atom. The maximum absolute atomic E-state index is 12.4. The minimum absolute atomic E-state index is 0.105. The highest BCUT2D eigenvalue weighted by Gasteiger charge is 2.26. The van der Waals surface area contributed by atoms with Crippen LogP contribution in [0.1, 0.15) is 12.1 Å². The largest absolute Gasteiger partial charge is 0.481 e. The fraction of sp³-hybridized carbons (Fsp3) is 0.353. The Hall–Kier alpha value is -2.67. The lowest BCUT2D eigenvalue weighted by molar-refractivity contribution is -0.147. The van der Waals surface area contributed by atoms with Crippen molar-refractivity contribution in [1.82, 2.24) is 10.1 Å². The minimum Gasteiger partial charge on any atom is -0.481 e. The number of aliphatic carboxylic acids is 1. The summed E-state index contributed by atoms with van der Waals surface area (Å²) in [5.41, 5.74) is 1.46. The lowest BCUT2D eigenvalue weighted by atomic mass is 10.1. The molecule has 1 saturated heterocycles. The van der Waals surface area contributed by atoms with Crippen LogP contribution in [0.5, 0.6) is 0 Å². The van der Waals surface area contributed by atoms with Crippen LogP contribution in [-0.2, 0) is 20.7 Å². The molecular formula is C17H18N2O5. The Kier molecular flexibility index (Phi) is 4.90. The highest BCUT2D eigenvalue weighted by Crippen LogP contribution is 2.20. The van der Waals surface area contributed by atoms with Gasteiger partial charge in [0.2, 0.25) is 5.91 Å². The third-order valence-corrected chi connectivity index (χ3v) is 3.84. The first-order valence-corrected chi connectivity index (χ1v) is 7.74. The average Bonchev–Trinajstić information content (AvgIpc) is 3.04. The molecule has 1 aromatic heterocycles. The molecule has 24 heavy (non-hydrogen) atoms. The monoisotopic (exact) mass is 330 g/mol. The van der Waals surface area contributed by atoms with Gasteiger partial charge >= 0.3 is 5.97 Å². The summed E-state index contributed by atoms with van der Waals surface area (Å²) in [6.07, 6.45) is -0.445. The van der Waals surface area contributed by atoms with Crippen LogP contribution < -0.4 is 0 Å². The summed E-state index contributed by atoms with van der Waals surface area (Å²) in [4.78, 5) is 24.8. The van der Waals surface area contributed by atoms with Crippen LogP contribution in [0.4, 0.5) is 0 Å². The molecule has 7 nitrogen and oxygen atoms in total. The van der Waals surface area contributed by atoms with E-state index in [1.54, 1.807) is 11.0 Å². The van der Waals surface area contributed by atoms with E-state index < -0.39 is 12.1 Å². The zero-order valence-electron chi connectivity index (χ0n) is 13.1. The molecule has 3 rings (SSSR count). The fourth-order valence-corrected chi connectivity index (χ4v) is 2.66. The maximum Gasteiger partial charge on any atom is 0.306 e. The lowest BCUT2D eigenvalue weighted by Gasteiger charge is -2.32. The molecule has 1 amide bonds. The number of morpholine rings is 1. The van der Waals surface area contributed by atoms with Gasteiger partial charge in [0.05, 0.1) is 31.2 Å². The second kappa shape index (κ2) is 7.27. The summed E-state index contributed by atoms with van der Waals surface area (Å²) in [7, 11) is 0. The van der Waals surface area contributed by atoms with E-state index in [4.69, 9.17) is 14.4 Å². The molecule has 1 unspecified atom stereocenters. The van der Waals surface area contributed by atoms with E-state index in [1.807, 2.05) is 30.3 Å². The number of nitrogens with zero attached hydrogens (tertiary/aromatic N) is 2. The summed E-state index contributed by atoms with van der Waals surface area (Å²) in [6.45, 7) is 1.09. The van der Waals surface area contributed by atoms with Gasteiger partial charge in [0.25, 0.3) is 0 Å². The summed E-state index contributed by atoms with van der Waals surface area (Å²) in [5, 5.41) is 12.8. The van der Waals surface area contributed by atoms with Crippen molar-refractivity contribution in [1.29, 1.82) is 0 Å². The number of carbonyl (C=O) groups is 2. The van der Waals surface area contributed by atoms with Gasteiger partial charge in [-0.25, -0.2) is 0 Å². The first kappa shape index (κ1) is 16.2. The Labute approximate surface area is 138 Å². The molecule has 0 bridgehead atoms.